The van der Waals surface area contributed by atoms with Crippen molar-refractivity contribution in [2.75, 3.05) is 24.6 Å². The van der Waals surface area contributed by atoms with Crippen LogP contribution in [0.1, 0.15) is 44.7 Å². The molecule has 0 fully saturated rings. The Morgan fingerprint density at radius 3 is 2.33 bits per heavy atom. The standard InChI is InChI=1S/C16H25NO/c1-4-7-13-11-15-16(12-14(13)8-5-2)18-10-9-17(15)6-3/h11-12H,4-10H2,1-3H3. The quantitative estimate of drug-likeness (QED) is 0.784. The van der Waals surface area contributed by atoms with Crippen LogP contribution >= 0.6 is 0 Å². The summed E-state index contributed by atoms with van der Waals surface area (Å²) < 4.78 is 5.83. The van der Waals surface area contributed by atoms with Crippen LogP contribution in [0.3, 0.4) is 0 Å². The van der Waals surface area contributed by atoms with Crippen molar-refractivity contribution in [2.24, 2.45) is 0 Å². The minimum Gasteiger partial charge on any atom is -0.490 e. The predicted molar refractivity (Wildman–Crippen MR) is 77.8 cm³/mol. The average molecular weight is 247 g/mol. The van der Waals surface area contributed by atoms with Gasteiger partial charge in [-0.25, -0.2) is 0 Å². The van der Waals surface area contributed by atoms with E-state index in [2.05, 4.69) is 37.8 Å². The summed E-state index contributed by atoms with van der Waals surface area (Å²) in [6, 6.07) is 4.65. The van der Waals surface area contributed by atoms with Gasteiger partial charge in [-0.05, 0) is 43.0 Å². The first kappa shape index (κ1) is 13.3. The fraction of sp³-hybridized carbons (Fsp3) is 0.625. The van der Waals surface area contributed by atoms with E-state index in [4.69, 9.17) is 4.74 Å². The lowest BCUT2D eigenvalue weighted by atomic mass is 9.97. The summed E-state index contributed by atoms with van der Waals surface area (Å²) >= 11 is 0. The van der Waals surface area contributed by atoms with Crippen LogP contribution in [0.25, 0.3) is 0 Å². The Bertz CT molecular complexity index is 400. The number of likely N-dealkylation sites (N-methyl/N-ethyl adjacent to an activating group) is 1. The van der Waals surface area contributed by atoms with Gasteiger partial charge < -0.3 is 9.64 Å². The molecule has 0 aliphatic carbocycles. The van der Waals surface area contributed by atoms with Gasteiger partial charge in [0.15, 0.2) is 0 Å². The first-order chi connectivity index (χ1) is 8.80. The molecule has 1 aliphatic rings. The SMILES string of the molecule is CCCc1cc2c(cc1CCC)N(CC)CCO2. The molecule has 0 radical (unpaired) electrons. The van der Waals surface area contributed by atoms with Crippen molar-refractivity contribution in [1.82, 2.24) is 0 Å². The van der Waals surface area contributed by atoms with Gasteiger partial charge in [-0.3, -0.25) is 0 Å². The lowest BCUT2D eigenvalue weighted by Gasteiger charge is -2.31. The number of rotatable bonds is 5. The minimum atomic E-state index is 0.819. The second kappa shape index (κ2) is 6.12. The van der Waals surface area contributed by atoms with Crippen LogP contribution in [0.15, 0.2) is 12.1 Å². The van der Waals surface area contributed by atoms with Gasteiger partial charge in [-0.2, -0.15) is 0 Å². The third-order valence-electron chi connectivity index (χ3n) is 3.66. The van der Waals surface area contributed by atoms with E-state index < -0.39 is 0 Å². The molecular formula is C16H25NO. The van der Waals surface area contributed by atoms with Crippen molar-refractivity contribution in [1.29, 1.82) is 0 Å². The van der Waals surface area contributed by atoms with Gasteiger partial charge in [0.2, 0.25) is 0 Å². The molecule has 0 saturated carbocycles. The van der Waals surface area contributed by atoms with Crippen LogP contribution in [0.5, 0.6) is 5.75 Å². The van der Waals surface area contributed by atoms with Crippen molar-refractivity contribution in [3.63, 3.8) is 0 Å². The van der Waals surface area contributed by atoms with Crippen LogP contribution < -0.4 is 9.64 Å². The fourth-order valence-corrected chi connectivity index (χ4v) is 2.74. The lowest BCUT2D eigenvalue weighted by Crippen LogP contribution is -2.32. The summed E-state index contributed by atoms with van der Waals surface area (Å²) in [6.07, 6.45) is 4.76. The molecule has 0 aromatic heterocycles. The van der Waals surface area contributed by atoms with E-state index in [1.807, 2.05) is 0 Å². The highest BCUT2D eigenvalue weighted by Gasteiger charge is 2.18. The molecule has 0 atom stereocenters. The normalized spacial score (nSPS) is 14.3. The number of fused-ring (bicyclic) bond motifs is 1. The van der Waals surface area contributed by atoms with E-state index in [9.17, 15) is 0 Å². The third-order valence-corrected chi connectivity index (χ3v) is 3.66. The smallest absolute Gasteiger partial charge is 0.142 e. The maximum atomic E-state index is 5.83. The second-order valence-electron chi connectivity index (χ2n) is 5.02. The molecule has 100 valence electrons. The van der Waals surface area contributed by atoms with Crippen LogP contribution in [-0.4, -0.2) is 19.7 Å². The Kier molecular flexibility index (Phi) is 4.51. The zero-order valence-corrected chi connectivity index (χ0v) is 12.0. The summed E-state index contributed by atoms with van der Waals surface area (Å²) in [5.74, 6) is 1.09. The average Bonchev–Trinajstić information content (AvgIpc) is 2.39. The largest absolute Gasteiger partial charge is 0.490 e. The van der Waals surface area contributed by atoms with Crippen molar-refractivity contribution in [3.05, 3.63) is 23.3 Å². The zero-order valence-electron chi connectivity index (χ0n) is 12.0. The maximum absolute atomic E-state index is 5.83. The monoisotopic (exact) mass is 247 g/mol. The van der Waals surface area contributed by atoms with Crippen molar-refractivity contribution < 1.29 is 4.74 Å². The highest BCUT2D eigenvalue weighted by Crippen LogP contribution is 2.35. The van der Waals surface area contributed by atoms with Gasteiger partial charge in [-0.1, -0.05) is 26.7 Å². The van der Waals surface area contributed by atoms with Crippen molar-refractivity contribution in [2.45, 2.75) is 46.5 Å². The van der Waals surface area contributed by atoms with E-state index in [-0.39, 0.29) is 0 Å². The summed E-state index contributed by atoms with van der Waals surface area (Å²) in [6.45, 7) is 9.61. The van der Waals surface area contributed by atoms with E-state index >= 15 is 0 Å². The van der Waals surface area contributed by atoms with Crippen molar-refractivity contribution in [3.8, 4) is 5.75 Å². The molecule has 0 spiro atoms. The molecule has 1 aromatic rings. The van der Waals surface area contributed by atoms with Crippen molar-refractivity contribution >= 4 is 5.69 Å². The first-order valence-corrected chi connectivity index (χ1v) is 7.33. The Labute approximate surface area is 111 Å². The third kappa shape index (κ3) is 2.63. The zero-order chi connectivity index (χ0) is 13.0. The highest BCUT2D eigenvalue weighted by atomic mass is 16.5. The van der Waals surface area contributed by atoms with Crippen LogP contribution in [0, 0.1) is 0 Å². The Morgan fingerprint density at radius 1 is 1.06 bits per heavy atom. The van der Waals surface area contributed by atoms with Crippen LogP contribution in [-0.2, 0) is 12.8 Å². The Balaban J connectivity index is 2.39. The number of hydrogen-bond acceptors (Lipinski definition) is 2. The molecular weight excluding hydrogens is 222 g/mol. The van der Waals surface area contributed by atoms with Crippen LogP contribution in [0.2, 0.25) is 0 Å². The van der Waals surface area contributed by atoms with Gasteiger partial charge >= 0.3 is 0 Å². The van der Waals surface area contributed by atoms with E-state index in [1.54, 1.807) is 0 Å². The number of benzene rings is 1. The number of hydrogen-bond donors (Lipinski definition) is 0. The molecule has 0 N–H and O–H groups in total. The Morgan fingerprint density at radius 2 is 1.72 bits per heavy atom. The maximum Gasteiger partial charge on any atom is 0.142 e. The molecule has 18 heavy (non-hydrogen) atoms. The molecule has 2 nitrogen and oxygen atoms in total. The number of nitrogens with zero attached hydrogens (tertiary/aromatic N) is 1. The lowest BCUT2D eigenvalue weighted by molar-refractivity contribution is 0.308. The topological polar surface area (TPSA) is 12.5 Å². The Hall–Kier alpha value is -1.18. The summed E-state index contributed by atoms with van der Waals surface area (Å²) in [7, 11) is 0. The number of aryl methyl sites for hydroxylation is 2. The molecule has 2 rings (SSSR count). The molecule has 0 bridgehead atoms. The molecule has 2 heteroatoms. The summed E-state index contributed by atoms with van der Waals surface area (Å²) in [5, 5.41) is 0. The summed E-state index contributed by atoms with van der Waals surface area (Å²) in [5.41, 5.74) is 4.30. The van der Waals surface area contributed by atoms with Crippen LogP contribution in [0.4, 0.5) is 5.69 Å². The van der Waals surface area contributed by atoms with E-state index in [1.165, 1.54) is 36.1 Å². The summed E-state index contributed by atoms with van der Waals surface area (Å²) in [4.78, 5) is 2.42. The van der Waals surface area contributed by atoms with E-state index in [0.717, 1.165) is 31.9 Å². The first-order valence-electron chi connectivity index (χ1n) is 7.33. The molecule has 0 saturated heterocycles. The number of anilines is 1. The fourth-order valence-electron chi connectivity index (χ4n) is 2.74. The van der Waals surface area contributed by atoms with Gasteiger partial charge in [0.05, 0.1) is 12.2 Å². The minimum absolute atomic E-state index is 0.819. The molecule has 0 amide bonds. The van der Waals surface area contributed by atoms with Gasteiger partial charge in [0.25, 0.3) is 0 Å². The van der Waals surface area contributed by atoms with E-state index in [0.29, 0.717) is 0 Å². The predicted octanol–water partition coefficient (Wildman–Crippen LogP) is 3.81. The van der Waals surface area contributed by atoms with Gasteiger partial charge in [0.1, 0.15) is 12.4 Å². The highest BCUT2D eigenvalue weighted by molar-refractivity contribution is 5.63. The molecule has 1 aromatic carbocycles. The van der Waals surface area contributed by atoms with Gasteiger partial charge in [-0.15, -0.1) is 0 Å². The molecule has 0 unspecified atom stereocenters. The molecule has 1 heterocycles. The molecule has 1 aliphatic heterocycles. The number of ether oxygens (including phenoxy) is 1. The second-order valence-corrected chi connectivity index (χ2v) is 5.02. The van der Waals surface area contributed by atoms with Gasteiger partial charge in [0, 0.05) is 6.54 Å².